The fraction of sp³-hybridized carbons (Fsp3) is 0.800. The summed E-state index contributed by atoms with van der Waals surface area (Å²) in [6.07, 6.45) is 2.05. The molecule has 1 aliphatic heterocycles. The Balaban J connectivity index is 1.59. The minimum Gasteiger partial charge on any atom is -0.381 e. The van der Waals surface area contributed by atoms with Crippen LogP contribution in [0.5, 0.6) is 0 Å². The van der Waals surface area contributed by atoms with Gasteiger partial charge in [-0.3, -0.25) is 0 Å². The van der Waals surface area contributed by atoms with E-state index in [-0.39, 0.29) is 0 Å². The maximum absolute atomic E-state index is 5.68. The SMILES string of the molecule is CCNC(=NCc1noc(C)n1)NCCCOCC1CCOC1. The molecule has 0 saturated carbocycles. The second kappa shape index (κ2) is 10.2. The highest BCUT2D eigenvalue weighted by Crippen LogP contribution is 2.12. The molecule has 1 aliphatic rings. The lowest BCUT2D eigenvalue weighted by Gasteiger charge is -2.12. The Bertz CT molecular complexity index is 471. The van der Waals surface area contributed by atoms with Crippen LogP contribution in [0.25, 0.3) is 0 Å². The Labute approximate surface area is 137 Å². The summed E-state index contributed by atoms with van der Waals surface area (Å²) in [5.41, 5.74) is 0. The van der Waals surface area contributed by atoms with Gasteiger partial charge in [-0.25, -0.2) is 4.99 Å². The number of rotatable bonds is 9. The summed E-state index contributed by atoms with van der Waals surface area (Å²) in [7, 11) is 0. The van der Waals surface area contributed by atoms with Crippen molar-refractivity contribution in [2.45, 2.75) is 33.2 Å². The number of nitrogens with zero attached hydrogens (tertiary/aromatic N) is 3. The van der Waals surface area contributed by atoms with Crippen LogP contribution in [-0.2, 0) is 16.0 Å². The van der Waals surface area contributed by atoms with E-state index >= 15 is 0 Å². The molecule has 23 heavy (non-hydrogen) atoms. The smallest absolute Gasteiger partial charge is 0.223 e. The summed E-state index contributed by atoms with van der Waals surface area (Å²) in [4.78, 5) is 8.56. The normalized spacial score (nSPS) is 18.3. The number of hydrogen-bond acceptors (Lipinski definition) is 6. The molecule has 0 aliphatic carbocycles. The second-order valence-electron chi connectivity index (χ2n) is 5.51. The summed E-state index contributed by atoms with van der Waals surface area (Å²) in [5.74, 6) is 2.46. The topological polar surface area (TPSA) is 93.8 Å². The van der Waals surface area contributed by atoms with E-state index in [4.69, 9.17) is 14.0 Å². The molecule has 1 saturated heterocycles. The number of ether oxygens (including phenoxy) is 2. The molecule has 8 nitrogen and oxygen atoms in total. The minimum absolute atomic E-state index is 0.394. The summed E-state index contributed by atoms with van der Waals surface area (Å²) in [6, 6.07) is 0. The van der Waals surface area contributed by atoms with Crippen LogP contribution in [0.1, 0.15) is 31.5 Å². The summed E-state index contributed by atoms with van der Waals surface area (Å²) < 4.78 is 15.9. The van der Waals surface area contributed by atoms with E-state index in [0.29, 0.717) is 24.2 Å². The maximum Gasteiger partial charge on any atom is 0.223 e. The Hall–Kier alpha value is -1.67. The largest absolute Gasteiger partial charge is 0.381 e. The molecule has 0 bridgehead atoms. The minimum atomic E-state index is 0.394. The summed E-state index contributed by atoms with van der Waals surface area (Å²) >= 11 is 0. The van der Waals surface area contributed by atoms with Crippen LogP contribution in [0.3, 0.4) is 0 Å². The maximum atomic E-state index is 5.68. The number of aliphatic imine (C=N–C) groups is 1. The van der Waals surface area contributed by atoms with Crippen LogP contribution in [0.2, 0.25) is 0 Å². The number of aryl methyl sites for hydroxylation is 1. The Morgan fingerprint density at radius 3 is 3.04 bits per heavy atom. The van der Waals surface area contributed by atoms with Crippen molar-refractivity contribution in [1.82, 2.24) is 20.8 Å². The molecular weight excluding hydrogens is 298 g/mol. The molecule has 1 aromatic rings. The van der Waals surface area contributed by atoms with Crippen LogP contribution in [0, 0.1) is 12.8 Å². The third-order valence-corrected chi connectivity index (χ3v) is 3.43. The molecule has 0 aromatic carbocycles. The number of aromatic nitrogens is 2. The highest BCUT2D eigenvalue weighted by Gasteiger charge is 2.15. The van der Waals surface area contributed by atoms with Gasteiger partial charge in [0.05, 0.1) is 13.2 Å². The number of nitrogens with one attached hydrogen (secondary N) is 2. The van der Waals surface area contributed by atoms with Gasteiger partial charge in [-0.2, -0.15) is 4.98 Å². The van der Waals surface area contributed by atoms with Gasteiger partial charge in [0.2, 0.25) is 5.89 Å². The first-order valence-electron chi connectivity index (χ1n) is 8.24. The van der Waals surface area contributed by atoms with Crippen LogP contribution in [-0.4, -0.2) is 55.6 Å². The van der Waals surface area contributed by atoms with Crippen LogP contribution in [0.4, 0.5) is 0 Å². The fourth-order valence-electron chi connectivity index (χ4n) is 2.24. The Kier molecular flexibility index (Phi) is 7.82. The van der Waals surface area contributed by atoms with Crippen LogP contribution < -0.4 is 10.6 Å². The quantitative estimate of drug-likeness (QED) is 0.395. The van der Waals surface area contributed by atoms with Crippen molar-refractivity contribution >= 4 is 5.96 Å². The fourth-order valence-corrected chi connectivity index (χ4v) is 2.24. The average Bonchev–Trinajstić information content (AvgIpc) is 3.19. The molecule has 1 unspecified atom stereocenters. The van der Waals surface area contributed by atoms with Crippen LogP contribution in [0.15, 0.2) is 9.52 Å². The molecule has 1 aromatic heterocycles. The van der Waals surface area contributed by atoms with Crippen molar-refractivity contribution in [1.29, 1.82) is 0 Å². The van der Waals surface area contributed by atoms with E-state index in [1.165, 1.54) is 0 Å². The molecule has 130 valence electrons. The number of guanidine groups is 1. The van der Waals surface area contributed by atoms with Crippen molar-refractivity contribution in [2.75, 3.05) is 39.5 Å². The van der Waals surface area contributed by atoms with E-state index in [0.717, 1.165) is 58.3 Å². The second-order valence-corrected chi connectivity index (χ2v) is 5.51. The van der Waals surface area contributed by atoms with Gasteiger partial charge in [0.1, 0.15) is 6.54 Å². The highest BCUT2D eigenvalue weighted by molar-refractivity contribution is 5.79. The van der Waals surface area contributed by atoms with Crippen molar-refractivity contribution < 1.29 is 14.0 Å². The zero-order valence-corrected chi connectivity index (χ0v) is 14.0. The van der Waals surface area contributed by atoms with Gasteiger partial charge in [0, 0.05) is 39.1 Å². The van der Waals surface area contributed by atoms with E-state index in [1.807, 2.05) is 6.92 Å². The van der Waals surface area contributed by atoms with Crippen molar-refractivity contribution in [3.63, 3.8) is 0 Å². The molecule has 2 N–H and O–H groups in total. The monoisotopic (exact) mass is 325 g/mol. The predicted octanol–water partition coefficient (Wildman–Crippen LogP) is 0.876. The van der Waals surface area contributed by atoms with Gasteiger partial charge in [0.25, 0.3) is 0 Å². The zero-order valence-electron chi connectivity index (χ0n) is 14.0. The molecule has 0 spiro atoms. The molecule has 2 heterocycles. The molecule has 2 rings (SSSR count). The lowest BCUT2D eigenvalue weighted by atomic mass is 10.1. The standard InChI is InChI=1S/C15H27N5O3/c1-3-16-15(18-9-14-19-12(2)23-20-14)17-6-4-7-21-10-13-5-8-22-11-13/h13H,3-11H2,1-2H3,(H2,16,17,18). The van der Waals surface area contributed by atoms with Crippen molar-refractivity contribution in [3.8, 4) is 0 Å². The van der Waals surface area contributed by atoms with Gasteiger partial charge >= 0.3 is 0 Å². The van der Waals surface area contributed by atoms with Crippen LogP contribution >= 0.6 is 0 Å². The Morgan fingerprint density at radius 2 is 2.35 bits per heavy atom. The van der Waals surface area contributed by atoms with E-state index < -0.39 is 0 Å². The van der Waals surface area contributed by atoms with E-state index in [2.05, 4.69) is 25.8 Å². The highest BCUT2D eigenvalue weighted by atomic mass is 16.5. The molecular formula is C15H27N5O3. The van der Waals surface area contributed by atoms with Gasteiger partial charge in [-0.1, -0.05) is 5.16 Å². The predicted molar refractivity (Wildman–Crippen MR) is 86.2 cm³/mol. The zero-order chi connectivity index (χ0) is 16.3. The van der Waals surface area contributed by atoms with Gasteiger partial charge in [0.15, 0.2) is 11.8 Å². The average molecular weight is 325 g/mol. The third kappa shape index (κ3) is 6.96. The first-order chi connectivity index (χ1) is 11.3. The van der Waals surface area contributed by atoms with E-state index in [1.54, 1.807) is 6.92 Å². The van der Waals surface area contributed by atoms with Gasteiger partial charge in [-0.05, 0) is 19.8 Å². The summed E-state index contributed by atoms with van der Waals surface area (Å²) in [5, 5.41) is 10.3. The van der Waals surface area contributed by atoms with Crippen molar-refractivity contribution in [3.05, 3.63) is 11.7 Å². The van der Waals surface area contributed by atoms with Gasteiger partial charge in [-0.15, -0.1) is 0 Å². The molecule has 1 fully saturated rings. The molecule has 8 heteroatoms. The number of hydrogen-bond donors (Lipinski definition) is 2. The lowest BCUT2D eigenvalue weighted by Crippen LogP contribution is -2.38. The van der Waals surface area contributed by atoms with Crippen molar-refractivity contribution in [2.24, 2.45) is 10.9 Å². The third-order valence-electron chi connectivity index (χ3n) is 3.43. The van der Waals surface area contributed by atoms with E-state index in [9.17, 15) is 0 Å². The molecule has 0 amide bonds. The summed E-state index contributed by atoms with van der Waals surface area (Å²) in [6.45, 7) is 9.05. The first-order valence-corrected chi connectivity index (χ1v) is 8.24. The van der Waals surface area contributed by atoms with Gasteiger partial charge < -0.3 is 24.6 Å². The molecule has 0 radical (unpaired) electrons. The molecule has 1 atom stereocenters. The first kappa shape index (κ1) is 17.7. The Morgan fingerprint density at radius 1 is 1.43 bits per heavy atom. The lowest BCUT2D eigenvalue weighted by molar-refractivity contribution is 0.0888.